The van der Waals surface area contributed by atoms with Crippen molar-refractivity contribution in [3.05, 3.63) is 52.2 Å². The number of nitrogens with one attached hydrogen (secondary N) is 1. The van der Waals surface area contributed by atoms with Gasteiger partial charge >= 0.3 is 6.18 Å². The van der Waals surface area contributed by atoms with Gasteiger partial charge in [-0.2, -0.15) is 17.5 Å². The fourth-order valence-electron chi connectivity index (χ4n) is 2.97. The number of alkyl halides is 3. The fourth-order valence-corrected chi connectivity index (χ4v) is 5.08. The second-order valence-electron chi connectivity index (χ2n) is 6.56. The maximum absolute atomic E-state index is 12.9. The molecule has 2 heterocycles. The number of sulfonamides is 1. The van der Waals surface area contributed by atoms with Gasteiger partial charge in [-0.15, -0.1) is 11.3 Å². The molecule has 0 spiro atoms. The van der Waals surface area contributed by atoms with Crippen LogP contribution < -0.4 is 5.32 Å². The lowest BCUT2D eigenvalue weighted by molar-refractivity contribution is -0.137. The zero-order valence-electron chi connectivity index (χ0n) is 15.4. The lowest BCUT2D eigenvalue weighted by Gasteiger charge is -2.33. The van der Waals surface area contributed by atoms with E-state index >= 15 is 0 Å². The third kappa shape index (κ3) is 5.56. The first kappa shape index (κ1) is 21.8. The van der Waals surface area contributed by atoms with Gasteiger partial charge in [-0.25, -0.2) is 8.42 Å². The molecule has 1 aromatic carbocycles. The molecule has 3 rings (SSSR count). The van der Waals surface area contributed by atoms with Crippen molar-refractivity contribution in [2.75, 3.05) is 32.7 Å². The van der Waals surface area contributed by atoms with Gasteiger partial charge in [0.05, 0.1) is 23.5 Å². The monoisotopic (exact) mass is 447 g/mol. The maximum Gasteiger partial charge on any atom is 0.416 e. The lowest BCUT2D eigenvalue weighted by atomic mass is 10.2. The molecule has 11 heteroatoms. The van der Waals surface area contributed by atoms with Gasteiger partial charge < -0.3 is 5.32 Å². The Morgan fingerprint density at radius 3 is 2.45 bits per heavy atom. The minimum atomic E-state index is -4.61. The van der Waals surface area contributed by atoms with Gasteiger partial charge in [0.15, 0.2) is 0 Å². The topological polar surface area (TPSA) is 69.7 Å². The largest absolute Gasteiger partial charge is 0.416 e. The highest BCUT2D eigenvalue weighted by Gasteiger charge is 2.34. The average Bonchev–Trinajstić information content (AvgIpc) is 3.20. The molecule has 29 heavy (non-hydrogen) atoms. The molecule has 1 aliphatic heterocycles. The van der Waals surface area contributed by atoms with Crippen LogP contribution in [0.4, 0.5) is 13.2 Å². The molecule has 0 aliphatic carbocycles. The first-order valence-corrected chi connectivity index (χ1v) is 11.2. The first-order valence-electron chi connectivity index (χ1n) is 8.85. The molecule has 1 amide bonds. The number of hydrogen-bond acceptors (Lipinski definition) is 5. The Balaban J connectivity index is 1.55. The summed E-state index contributed by atoms with van der Waals surface area (Å²) >= 11 is 1.54. The minimum absolute atomic E-state index is 0.108. The van der Waals surface area contributed by atoms with Crippen molar-refractivity contribution < 1.29 is 26.4 Å². The summed E-state index contributed by atoms with van der Waals surface area (Å²) in [6, 6.07) is 7.56. The Labute approximate surface area is 171 Å². The minimum Gasteiger partial charge on any atom is -0.350 e. The molecule has 1 N–H and O–H groups in total. The van der Waals surface area contributed by atoms with E-state index in [9.17, 15) is 26.4 Å². The van der Waals surface area contributed by atoms with Crippen LogP contribution in [-0.4, -0.2) is 56.3 Å². The van der Waals surface area contributed by atoms with E-state index in [-0.39, 0.29) is 30.4 Å². The number of carbonyl (C=O) groups excluding carboxylic acids is 1. The maximum atomic E-state index is 12.9. The van der Waals surface area contributed by atoms with Gasteiger partial charge in [-0.05, 0) is 29.6 Å². The average molecular weight is 448 g/mol. The zero-order chi connectivity index (χ0) is 21.1. The van der Waals surface area contributed by atoms with E-state index in [0.717, 1.165) is 27.4 Å². The van der Waals surface area contributed by atoms with Crippen molar-refractivity contribution in [1.29, 1.82) is 0 Å². The van der Waals surface area contributed by atoms with E-state index in [0.29, 0.717) is 25.7 Å². The number of rotatable bonds is 6. The highest BCUT2D eigenvalue weighted by Crippen LogP contribution is 2.31. The van der Waals surface area contributed by atoms with Crippen LogP contribution in [0.3, 0.4) is 0 Å². The lowest BCUT2D eigenvalue weighted by Crippen LogP contribution is -2.50. The molecule has 0 unspecified atom stereocenters. The second kappa shape index (κ2) is 8.82. The van der Waals surface area contributed by atoms with Crippen LogP contribution in [0.15, 0.2) is 46.7 Å². The fraction of sp³-hybridized carbons (Fsp3) is 0.389. The molecule has 0 bridgehead atoms. The summed E-state index contributed by atoms with van der Waals surface area (Å²) in [6.07, 6.45) is -4.61. The first-order chi connectivity index (χ1) is 13.7. The van der Waals surface area contributed by atoms with Crippen molar-refractivity contribution in [3.8, 4) is 0 Å². The SMILES string of the molecule is O=C(CN1CCN(S(=O)(=O)c2cccc(C(F)(F)F)c2)CC1)NCc1cccs1. The summed E-state index contributed by atoms with van der Waals surface area (Å²) in [4.78, 5) is 14.5. The number of thiophene rings is 1. The summed E-state index contributed by atoms with van der Waals surface area (Å²) in [5, 5.41) is 4.73. The normalized spacial score (nSPS) is 16.7. The van der Waals surface area contributed by atoms with Gasteiger partial charge in [0.2, 0.25) is 15.9 Å². The Hall–Kier alpha value is -1.95. The number of hydrogen-bond donors (Lipinski definition) is 1. The van der Waals surface area contributed by atoms with Crippen molar-refractivity contribution >= 4 is 27.3 Å². The quantitative estimate of drug-likeness (QED) is 0.738. The standard InChI is InChI=1S/C18H20F3N3O3S2/c19-18(20,21)14-3-1-5-16(11-14)29(26,27)24-8-6-23(7-9-24)13-17(25)22-12-15-4-2-10-28-15/h1-5,10-11H,6-9,12-13H2,(H,22,25). The van der Waals surface area contributed by atoms with Crippen LogP contribution >= 0.6 is 11.3 Å². The molecule has 6 nitrogen and oxygen atoms in total. The molecule has 158 valence electrons. The number of carbonyl (C=O) groups is 1. The van der Waals surface area contributed by atoms with Crippen LogP contribution in [0.2, 0.25) is 0 Å². The highest BCUT2D eigenvalue weighted by atomic mass is 32.2. The summed E-state index contributed by atoms with van der Waals surface area (Å²) in [7, 11) is -4.03. The Kier molecular flexibility index (Phi) is 6.62. The van der Waals surface area contributed by atoms with Crippen LogP contribution in [0.5, 0.6) is 0 Å². The number of halogens is 3. The van der Waals surface area contributed by atoms with Gasteiger partial charge in [-0.3, -0.25) is 9.69 Å². The Bertz CT molecular complexity index is 939. The van der Waals surface area contributed by atoms with E-state index in [1.54, 1.807) is 11.3 Å². The van der Waals surface area contributed by atoms with Crippen LogP contribution in [0.25, 0.3) is 0 Å². The van der Waals surface area contributed by atoms with Crippen molar-refractivity contribution in [2.45, 2.75) is 17.6 Å². The van der Waals surface area contributed by atoms with Crippen LogP contribution in [-0.2, 0) is 27.5 Å². The predicted molar refractivity (Wildman–Crippen MR) is 103 cm³/mol. The molecular formula is C18H20F3N3O3S2. The zero-order valence-corrected chi connectivity index (χ0v) is 17.0. The van der Waals surface area contributed by atoms with E-state index in [1.165, 1.54) is 0 Å². The number of benzene rings is 1. The smallest absolute Gasteiger partial charge is 0.350 e. The molecule has 1 saturated heterocycles. The number of nitrogens with zero attached hydrogens (tertiary/aromatic N) is 2. The second-order valence-corrected chi connectivity index (χ2v) is 9.53. The summed E-state index contributed by atoms with van der Waals surface area (Å²) < 4.78 is 65.2. The third-order valence-electron chi connectivity index (χ3n) is 4.54. The molecule has 1 fully saturated rings. The van der Waals surface area contributed by atoms with Gasteiger partial charge in [0.1, 0.15) is 0 Å². The molecule has 1 aromatic heterocycles. The van der Waals surface area contributed by atoms with Crippen LogP contribution in [0.1, 0.15) is 10.4 Å². The van der Waals surface area contributed by atoms with Crippen LogP contribution in [0, 0.1) is 0 Å². The van der Waals surface area contributed by atoms with Crippen molar-refractivity contribution in [3.63, 3.8) is 0 Å². The molecular weight excluding hydrogens is 427 g/mol. The van der Waals surface area contributed by atoms with Crippen molar-refractivity contribution in [2.24, 2.45) is 0 Å². The molecule has 0 saturated carbocycles. The summed E-state index contributed by atoms with van der Waals surface area (Å²) in [5.41, 5.74) is -1.00. The molecule has 0 atom stereocenters. The van der Waals surface area contributed by atoms with E-state index in [2.05, 4.69) is 5.32 Å². The number of piperazine rings is 1. The molecule has 1 aliphatic rings. The summed E-state index contributed by atoms with van der Waals surface area (Å²) in [5.74, 6) is -0.160. The van der Waals surface area contributed by atoms with E-state index < -0.39 is 21.8 Å². The molecule has 2 aromatic rings. The summed E-state index contributed by atoms with van der Waals surface area (Å²) in [6.45, 7) is 1.45. The third-order valence-corrected chi connectivity index (χ3v) is 7.31. The van der Waals surface area contributed by atoms with Gasteiger partial charge in [0, 0.05) is 31.1 Å². The van der Waals surface area contributed by atoms with Crippen molar-refractivity contribution in [1.82, 2.24) is 14.5 Å². The highest BCUT2D eigenvalue weighted by molar-refractivity contribution is 7.89. The van der Waals surface area contributed by atoms with E-state index in [1.807, 2.05) is 22.4 Å². The Morgan fingerprint density at radius 1 is 1.10 bits per heavy atom. The van der Waals surface area contributed by atoms with E-state index in [4.69, 9.17) is 0 Å². The predicted octanol–water partition coefficient (Wildman–Crippen LogP) is 2.39. The van der Waals surface area contributed by atoms with Gasteiger partial charge in [0.25, 0.3) is 0 Å². The number of amides is 1. The molecule has 0 radical (unpaired) electrons. The Morgan fingerprint density at radius 2 is 1.83 bits per heavy atom. The van der Waals surface area contributed by atoms with Gasteiger partial charge in [-0.1, -0.05) is 12.1 Å².